The fraction of sp³-hybridized carbons (Fsp3) is 0.714. The van der Waals surface area contributed by atoms with Crippen molar-refractivity contribution >= 4 is 11.8 Å². The van der Waals surface area contributed by atoms with Crippen LogP contribution in [0.3, 0.4) is 0 Å². The van der Waals surface area contributed by atoms with Crippen LogP contribution in [-0.4, -0.2) is 47.1 Å². The number of aryl methyl sites for hydroxylation is 1. The number of hydrogen-bond acceptors (Lipinski definition) is 5. The lowest BCUT2D eigenvalue weighted by molar-refractivity contribution is 0.175. The molecule has 0 amide bonds. The number of piperidine rings is 1. The normalized spacial score (nSPS) is 24.9. The van der Waals surface area contributed by atoms with Crippen LogP contribution in [0.25, 0.3) is 0 Å². The lowest BCUT2D eigenvalue weighted by atomic mass is 10.1. The van der Waals surface area contributed by atoms with Gasteiger partial charge in [-0.05, 0) is 39.3 Å². The van der Waals surface area contributed by atoms with Crippen molar-refractivity contribution in [2.45, 2.75) is 38.6 Å². The van der Waals surface area contributed by atoms with Crippen molar-refractivity contribution in [3.05, 3.63) is 11.8 Å². The van der Waals surface area contributed by atoms with Crippen LogP contribution in [0.5, 0.6) is 0 Å². The minimum absolute atomic E-state index is 0.386. The van der Waals surface area contributed by atoms with E-state index in [1.165, 1.54) is 38.8 Å². The highest BCUT2D eigenvalue weighted by Gasteiger charge is 2.29. The quantitative estimate of drug-likeness (QED) is 0.873. The highest BCUT2D eigenvalue weighted by Crippen LogP contribution is 2.24. The van der Waals surface area contributed by atoms with Crippen LogP contribution in [0.1, 0.15) is 31.4 Å². The number of hydrogen-bond donors (Lipinski definition) is 1. The van der Waals surface area contributed by atoms with E-state index in [2.05, 4.69) is 19.8 Å². The van der Waals surface area contributed by atoms with Crippen LogP contribution < -0.4 is 10.6 Å². The number of nitrogens with zero attached hydrogens (tertiary/aromatic N) is 4. The molecule has 0 bridgehead atoms. The molecular weight excluding hydrogens is 238 g/mol. The van der Waals surface area contributed by atoms with Crippen LogP contribution in [0.4, 0.5) is 11.8 Å². The Bertz CT molecular complexity index is 421. The number of rotatable bonds is 2. The third-order valence-electron chi connectivity index (χ3n) is 4.25. The molecule has 19 heavy (non-hydrogen) atoms. The van der Waals surface area contributed by atoms with E-state index in [0.717, 1.165) is 24.6 Å². The second kappa shape index (κ2) is 5.33. The molecule has 2 fully saturated rings. The van der Waals surface area contributed by atoms with Gasteiger partial charge in [0.25, 0.3) is 0 Å². The summed E-state index contributed by atoms with van der Waals surface area (Å²) in [5.74, 6) is 1.38. The van der Waals surface area contributed by atoms with Gasteiger partial charge in [-0.2, -0.15) is 4.98 Å². The van der Waals surface area contributed by atoms with Crippen molar-refractivity contribution in [2.24, 2.45) is 0 Å². The van der Waals surface area contributed by atoms with Crippen molar-refractivity contribution in [1.82, 2.24) is 14.9 Å². The number of nitrogens with two attached hydrogens (primary N) is 1. The van der Waals surface area contributed by atoms with Gasteiger partial charge < -0.3 is 10.6 Å². The van der Waals surface area contributed by atoms with Gasteiger partial charge in [0, 0.05) is 30.9 Å². The van der Waals surface area contributed by atoms with Gasteiger partial charge in [0.15, 0.2) is 0 Å². The molecule has 2 N–H and O–H groups in total. The molecule has 2 saturated heterocycles. The molecule has 2 aliphatic rings. The van der Waals surface area contributed by atoms with Gasteiger partial charge >= 0.3 is 0 Å². The SMILES string of the molecule is Cc1cc(N2CCC(N3CCCCC3)C2)nc(N)n1. The summed E-state index contributed by atoms with van der Waals surface area (Å²) in [4.78, 5) is 13.5. The monoisotopic (exact) mass is 261 g/mol. The maximum absolute atomic E-state index is 5.75. The second-order valence-electron chi connectivity index (χ2n) is 5.71. The molecule has 5 heteroatoms. The van der Waals surface area contributed by atoms with E-state index in [1.807, 2.05) is 13.0 Å². The molecule has 5 nitrogen and oxygen atoms in total. The molecule has 2 aliphatic heterocycles. The number of anilines is 2. The fourth-order valence-electron chi connectivity index (χ4n) is 3.27. The minimum atomic E-state index is 0.386. The standard InChI is InChI=1S/C14H23N5/c1-11-9-13(17-14(15)16-11)19-8-5-12(10-19)18-6-3-2-4-7-18/h9,12H,2-8,10H2,1H3,(H2,15,16,17). The van der Waals surface area contributed by atoms with E-state index in [4.69, 9.17) is 5.73 Å². The summed E-state index contributed by atoms with van der Waals surface area (Å²) in [6.07, 6.45) is 5.35. The Labute approximate surface area is 114 Å². The van der Waals surface area contributed by atoms with Crippen molar-refractivity contribution < 1.29 is 0 Å². The highest BCUT2D eigenvalue weighted by atomic mass is 15.3. The summed E-state index contributed by atoms with van der Waals surface area (Å²) in [5.41, 5.74) is 6.69. The molecular formula is C14H23N5. The molecule has 1 unspecified atom stereocenters. The van der Waals surface area contributed by atoms with Crippen molar-refractivity contribution in [3.8, 4) is 0 Å². The molecule has 1 aromatic heterocycles. The van der Waals surface area contributed by atoms with Crippen LogP contribution in [0, 0.1) is 6.92 Å². The van der Waals surface area contributed by atoms with E-state index >= 15 is 0 Å². The summed E-state index contributed by atoms with van der Waals surface area (Å²) in [5, 5.41) is 0. The van der Waals surface area contributed by atoms with Crippen LogP contribution in [-0.2, 0) is 0 Å². The summed E-state index contributed by atoms with van der Waals surface area (Å²) in [7, 11) is 0. The minimum Gasteiger partial charge on any atom is -0.368 e. The number of aromatic nitrogens is 2. The fourth-order valence-corrected chi connectivity index (χ4v) is 3.27. The zero-order valence-corrected chi connectivity index (χ0v) is 11.7. The first-order valence-electron chi connectivity index (χ1n) is 7.32. The van der Waals surface area contributed by atoms with Crippen LogP contribution >= 0.6 is 0 Å². The third kappa shape index (κ3) is 2.81. The Hall–Kier alpha value is -1.36. The van der Waals surface area contributed by atoms with Gasteiger partial charge in [-0.15, -0.1) is 0 Å². The average Bonchev–Trinajstić information content (AvgIpc) is 2.88. The molecule has 0 saturated carbocycles. The lowest BCUT2D eigenvalue weighted by Gasteiger charge is -2.32. The van der Waals surface area contributed by atoms with E-state index < -0.39 is 0 Å². The third-order valence-corrected chi connectivity index (χ3v) is 4.25. The van der Waals surface area contributed by atoms with Gasteiger partial charge in [0.05, 0.1) is 0 Å². The molecule has 0 radical (unpaired) electrons. The lowest BCUT2D eigenvalue weighted by Crippen LogP contribution is -2.41. The Kier molecular flexibility index (Phi) is 3.55. The Morgan fingerprint density at radius 1 is 1.16 bits per heavy atom. The van der Waals surface area contributed by atoms with E-state index in [9.17, 15) is 0 Å². The average molecular weight is 261 g/mol. The van der Waals surface area contributed by atoms with Crippen molar-refractivity contribution in [3.63, 3.8) is 0 Å². The summed E-state index contributed by atoms with van der Waals surface area (Å²) < 4.78 is 0. The van der Waals surface area contributed by atoms with E-state index in [-0.39, 0.29) is 0 Å². The van der Waals surface area contributed by atoms with Crippen molar-refractivity contribution in [2.75, 3.05) is 36.8 Å². The first-order valence-corrected chi connectivity index (χ1v) is 7.32. The molecule has 0 spiro atoms. The van der Waals surface area contributed by atoms with Crippen LogP contribution in [0.2, 0.25) is 0 Å². The molecule has 3 heterocycles. The Morgan fingerprint density at radius 3 is 2.68 bits per heavy atom. The maximum atomic E-state index is 5.75. The first kappa shape index (κ1) is 12.7. The highest BCUT2D eigenvalue weighted by molar-refractivity contribution is 5.44. The van der Waals surface area contributed by atoms with Gasteiger partial charge in [-0.25, -0.2) is 4.98 Å². The molecule has 0 aliphatic carbocycles. The molecule has 1 aromatic rings. The zero-order chi connectivity index (χ0) is 13.2. The maximum Gasteiger partial charge on any atom is 0.222 e. The summed E-state index contributed by atoms with van der Waals surface area (Å²) in [6, 6.07) is 2.73. The number of nitrogen functional groups attached to an aromatic ring is 1. The molecule has 3 rings (SSSR count). The van der Waals surface area contributed by atoms with E-state index in [0.29, 0.717) is 12.0 Å². The molecule has 0 aromatic carbocycles. The Balaban J connectivity index is 1.67. The predicted octanol–water partition coefficient (Wildman–Crippen LogP) is 1.43. The summed E-state index contributed by atoms with van der Waals surface area (Å²) in [6.45, 7) is 6.67. The van der Waals surface area contributed by atoms with Gasteiger partial charge in [0.2, 0.25) is 5.95 Å². The van der Waals surface area contributed by atoms with Gasteiger partial charge in [0.1, 0.15) is 5.82 Å². The topological polar surface area (TPSA) is 58.3 Å². The van der Waals surface area contributed by atoms with Gasteiger partial charge in [-0.3, -0.25) is 4.90 Å². The number of likely N-dealkylation sites (tertiary alicyclic amines) is 1. The zero-order valence-electron chi connectivity index (χ0n) is 11.7. The molecule has 104 valence electrons. The largest absolute Gasteiger partial charge is 0.368 e. The van der Waals surface area contributed by atoms with E-state index in [1.54, 1.807) is 0 Å². The summed E-state index contributed by atoms with van der Waals surface area (Å²) >= 11 is 0. The van der Waals surface area contributed by atoms with Crippen LogP contribution in [0.15, 0.2) is 6.07 Å². The predicted molar refractivity (Wildman–Crippen MR) is 77.2 cm³/mol. The van der Waals surface area contributed by atoms with Gasteiger partial charge in [-0.1, -0.05) is 6.42 Å². The Morgan fingerprint density at radius 2 is 1.95 bits per heavy atom. The smallest absolute Gasteiger partial charge is 0.222 e. The van der Waals surface area contributed by atoms with Crippen molar-refractivity contribution in [1.29, 1.82) is 0 Å². The second-order valence-corrected chi connectivity index (χ2v) is 5.71. The first-order chi connectivity index (χ1) is 9.22. The molecule has 1 atom stereocenters.